The molecule has 0 amide bonds. The minimum absolute atomic E-state index is 0.136. The lowest BCUT2D eigenvalue weighted by Crippen LogP contribution is -2.69. The molecule has 3 aliphatic carbocycles. The van der Waals surface area contributed by atoms with Gasteiger partial charge < -0.3 is 14.6 Å². The van der Waals surface area contributed by atoms with Crippen LogP contribution in [0.4, 0.5) is 0 Å². The van der Waals surface area contributed by atoms with Gasteiger partial charge in [0.2, 0.25) is 0 Å². The van der Waals surface area contributed by atoms with Gasteiger partial charge in [0.15, 0.2) is 23.4 Å². The summed E-state index contributed by atoms with van der Waals surface area (Å²) in [5.74, 6) is 1.77. The van der Waals surface area contributed by atoms with Crippen LogP contribution in [0.15, 0.2) is 12.1 Å². The summed E-state index contributed by atoms with van der Waals surface area (Å²) in [6, 6.07) is 4.04. The molecule has 1 N–H and O–H groups in total. The third kappa shape index (κ3) is 1.16. The number of hydrogen-bond acceptors (Lipinski definition) is 4. The van der Waals surface area contributed by atoms with Crippen LogP contribution in [0.1, 0.15) is 43.2 Å². The summed E-state index contributed by atoms with van der Waals surface area (Å²) < 4.78 is 11.6. The van der Waals surface area contributed by atoms with E-state index in [0.717, 1.165) is 31.2 Å². The van der Waals surface area contributed by atoms with E-state index < -0.39 is 17.1 Å². The molecule has 2 bridgehead atoms. The molecule has 4 heteroatoms. The summed E-state index contributed by atoms with van der Waals surface area (Å²) in [4.78, 5) is 12.6. The first-order chi connectivity index (χ1) is 10.6. The van der Waals surface area contributed by atoms with Crippen LogP contribution in [-0.4, -0.2) is 29.7 Å². The first-order valence-electron chi connectivity index (χ1n) is 8.24. The van der Waals surface area contributed by atoms with Gasteiger partial charge in [-0.3, -0.25) is 4.79 Å². The molecule has 1 aromatic carbocycles. The molecule has 4 aliphatic rings. The second-order valence-electron chi connectivity index (χ2n) is 7.28. The number of carbonyl (C=O) groups is 1. The van der Waals surface area contributed by atoms with E-state index in [9.17, 15) is 9.90 Å². The lowest BCUT2D eigenvalue weighted by Gasteiger charge is -2.59. The zero-order chi connectivity index (χ0) is 15.1. The molecule has 1 heterocycles. The Morgan fingerprint density at radius 3 is 3.05 bits per heavy atom. The Hall–Kier alpha value is -1.55. The van der Waals surface area contributed by atoms with Crippen LogP contribution in [0.25, 0.3) is 0 Å². The van der Waals surface area contributed by atoms with Crippen molar-refractivity contribution in [1.29, 1.82) is 0 Å². The van der Waals surface area contributed by atoms with Gasteiger partial charge >= 0.3 is 0 Å². The highest BCUT2D eigenvalue weighted by atomic mass is 16.5. The summed E-state index contributed by atoms with van der Waals surface area (Å²) in [5.41, 5.74) is 0.975. The van der Waals surface area contributed by atoms with Crippen molar-refractivity contribution in [2.45, 2.75) is 55.6 Å². The van der Waals surface area contributed by atoms with E-state index in [0.29, 0.717) is 24.3 Å². The minimum atomic E-state index is -0.797. The first-order valence-corrected chi connectivity index (χ1v) is 8.24. The first kappa shape index (κ1) is 12.9. The lowest BCUT2D eigenvalue weighted by atomic mass is 9.46. The van der Waals surface area contributed by atoms with Crippen LogP contribution in [0.2, 0.25) is 0 Å². The zero-order valence-corrected chi connectivity index (χ0v) is 12.7. The summed E-state index contributed by atoms with van der Waals surface area (Å²) >= 11 is 0. The monoisotopic (exact) mass is 300 g/mol. The molecule has 1 aromatic rings. The molecule has 2 unspecified atom stereocenters. The number of ether oxygens (including phenoxy) is 2. The number of hydrogen-bond donors (Lipinski definition) is 1. The number of aliphatic hydroxyl groups is 1. The molecule has 4 atom stereocenters. The van der Waals surface area contributed by atoms with Crippen molar-refractivity contribution in [3.05, 3.63) is 23.3 Å². The number of rotatable bonds is 1. The number of methoxy groups -OCH3 is 1. The fraction of sp³-hybridized carbons (Fsp3) is 0.611. The van der Waals surface area contributed by atoms with E-state index in [1.165, 1.54) is 5.56 Å². The van der Waals surface area contributed by atoms with Crippen LogP contribution in [0, 0.1) is 5.92 Å². The molecule has 22 heavy (non-hydrogen) atoms. The van der Waals surface area contributed by atoms with Gasteiger partial charge in [-0.2, -0.15) is 0 Å². The second kappa shape index (κ2) is 3.85. The number of carbonyl (C=O) groups excluding carboxylic acids is 1. The average molecular weight is 300 g/mol. The van der Waals surface area contributed by atoms with Gasteiger partial charge in [-0.05, 0) is 43.2 Å². The average Bonchev–Trinajstić information content (AvgIpc) is 2.85. The second-order valence-corrected chi connectivity index (χ2v) is 7.28. The Bertz CT molecular complexity index is 697. The van der Waals surface area contributed by atoms with Gasteiger partial charge in [-0.1, -0.05) is 12.5 Å². The van der Waals surface area contributed by atoms with Crippen molar-refractivity contribution in [3.8, 4) is 11.5 Å². The van der Waals surface area contributed by atoms with E-state index >= 15 is 0 Å². The van der Waals surface area contributed by atoms with Crippen molar-refractivity contribution in [1.82, 2.24) is 0 Å². The lowest BCUT2D eigenvalue weighted by molar-refractivity contribution is -0.177. The minimum Gasteiger partial charge on any atom is -0.493 e. The Morgan fingerprint density at radius 2 is 2.23 bits per heavy atom. The van der Waals surface area contributed by atoms with Crippen molar-refractivity contribution >= 4 is 5.78 Å². The third-order valence-corrected chi connectivity index (χ3v) is 6.64. The van der Waals surface area contributed by atoms with E-state index in [1.807, 2.05) is 6.07 Å². The highest BCUT2D eigenvalue weighted by molar-refractivity contribution is 5.89. The molecule has 5 rings (SSSR count). The Labute approximate surface area is 129 Å². The smallest absolute Gasteiger partial charge is 0.174 e. The number of ketones is 1. The van der Waals surface area contributed by atoms with E-state index in [2.05, 4.69) is 6.07 Å². The van der Waals surface area contributed by atoms with Crippen molar-refractivity contribution in [3.63, 3.8) is 0 Å². The highest BCUT2D eigenvalue weighted by Gasteiger charge is 2.71. The fourth-order valence-corrected chi connectivity index (χ4v) is 5.79. The number of benzene rings is 1. The van der Waals surface area contributed by atoms with Gasteiger partial charge in [0.05, 0.1) is 18.1 Å². The van der Waals surface area contributed by atoms with Crippen molar-refractivity contribution < 1.29 is 19.4 Å². The zero-order valence-electron chi connectivity index (χ0n) is 12.7. The van der Waals surface area contributed by atoms with Crippen LogP contribution in [0.3, 0.4) is 0 Å². The summed E-state index contributed by atoms with van der Waals surface area (Å²) in [6.45, 7) is 0. The maximum Gasteiger partial charge on any atom is 0.174 e. The van der Waals surface area contributed by atoms with Gasteiger partial charge in [-0.25, -0.2) is 0 Å². The molecule has 1 aliphatic heterocycles. The predicted octanol–water partition coefficient (Wildman–Crippen LogP) is 2.14. The third-order valence-electron chi connectivity index (χ3n) is 6.64. The quantitative estimate of drug-likeness (QED) is 0.863. The largest absolute Gasteiger partial charge is 0.493 e. The van der Waals surface area contributed by atoms with Crippen LogP contribution in [0.5, 0.6) is 11.5 Å². The Kier molecular flexibility index (Phi) is 2.27. The fourth-order valence-electron chi connectivity index (χ4n) is 5.79. The maximum absolute atomic E-state index is 12.6. The molecule has 4 nitrogen and oxygen atoms in total. The van der Waals surface area contributed by atoms with Gasteiger partial charge in [0, 0.05) is 12.0 Å². The van der Waals surface area contributed by atoms with Crippen molar-refractivity contribution in [2.75, 3.05) is 7.11 Å². The predicted molar refractivity (Wildman–Crippen MR) is 79.3 cm³/mol. The van der Waals surface area contributed by atoms with Crippen molar-refractivity contribution in [2.24, 2.45) is 5.92 Å². The van der Waals surface area contributed by atoms with E-state index in [-0.39, 0.29) is 11.7 Å². The van der Waals surface area contributed by atoms with Gasteiger partial charge in [0.25, 0.3) is 0 Å². The molecule has 0 aromatic heterocycles. The molecular weight excluding hydrogens is 280 g/mol. The molecule has 2 saturated carbocycles. The standard InChI is InChI=1S/C18H20O4/c1-21-13-5-4-10-9-11-3-2-7-17-14(10)15(13)22-16(17)12(19)6-8-18(11,17)20/h4-5,11,16,20H,2-3,6-9H2,1H3/t11-,16?,17+,18?/m1/s1. The summed E-state index contributed by atoms with van der Waals surface area (Å²) in [6.07, 6.45) is 4.28. The molecule has 1 spiro atoms. The Balaban J connectivity index is 1.87. The SMILES string of the molecule is COc1ccc2c3c1OC1C(=O)CCC4(O)[C@H](CCC[C@]314)C2. The van der Waals surface area contributed by atoms with E-state index in [4.69, 9.17) is 9.47 Å². The van der Waals surface area contributed by atoms with Crippen LogP contribution < -0.4 is 9.47 Å². The molecule has 0 radical (unpaired) electrons. The molecule has 116 valence electrons. The molecular formula is C18H20O4. The molecule has 0 saturated heterocycles. The topological polar surface area (TPSA) is 55.8 Å². The summed E-state index contributed by atoms with van der Waals surface area (Å²) in [5, 5.41) is 11.6. The van der Waals surface area contributed by atoms with E-state index in [1.54, 1.807) is 7.11 Å². The highest BCUT2D eigenvalue weighted by Crippen LogP contribution is 2.66. The normalized spacial score (nSPS) is 40.9. The Morgan fingerprint density at radius 1 is 1.36 bits per heavy atom. The van der Waals surface area contributed by atoms with Crippen LogP contribution >= 0.6 is 0 Å². The maximum atomic E-state index is 12.6. The van der Waals surface area contributed by atoms with Gasteiger partial charge in [0.1, 0.15) is 0 Å². The van der Waals surface area contributed by atoms with Crippen LogP contribution in [-0.2, 0) is 16.6 Å². The summed E-state index contributed by atoms with van der Waals surface area (Å²) in [7, 11) is 1.63. The molecule has 2 fully saturated rings. The number of Topliss-reactive ketones (excluding diaryl/α,β-unsaturated/α-hetero) is 1. The van der Waals surface area contributed by atoms with Gasteiger partial charge in [-0.15, -0.1) is 0 Å².